The van der Waals surface area contributed by atoms with Gasteiger partial charge in [0, 0.05) is 37.9 Å². The molecule has 0 aliphatic carbocycles. The minimum Gasteiger partial charge on any atom is -0.369 e. The molecule has 0 unspecified atom stereocenters. The molecule has 7 heteroatoms. The minimum atomic E-state index is -0.301. The predicted molar refractivity (Wildman–Crippen MR) is 89.6 cm³/mol. The zero-order valence-corrected chi connectivity index (χ0v) is 14.2. The van der Waals surface area contributed by atoms with Gasteiger partial charge in [-0.25, -0.2) is 4.98 Å². The van der Waals surface area contributed by atoms with Crippen LogP contribution in [0.3, 0.4) is 0 Å². The van der Waals surface area contributed by atoms with Gasteiger partial charge in [0.15, 0.2) is 0 Å². The van der Waals surface area contributed by atoms with Crippen LogP contribution < -0.4 is 10.6 Å². The summed E-state index contributed by atoms with van der Waals surface area (Å²) in [6, 6.07) is 1.87. The summed E-state index contributed by atoms with van der Waals surface area (Å²) in [6.07, 6.45) is 3.56. The molecule has 0 spiro atoms. The summed E-state index contributed by atoms with van der Waals surface area (Å²) < 4.78 is 1.81. The molecular formula is C16H20ClN5O. The van der Waals surface area contributed by atoms with Crippen LogP contribution in [-0.2, 0) is 11.8 Å². The molecule has 6 nitrogen and oxygen atoms in total. The smallest absolute Gasteiger partial charge is 0.223 e. The fourth-order valence-electron chi connectivity index (χ4n) is 3.21. The first-order valence-corrected chi connectivity index (χ1v) is 7.91. The maximum atomic E-state index is 11.9. The van der Waals surface area contributed by atoms with E-state index in [0.29, 0.717) is 23.9 Å². The number of amides is 1. The van der Waals surface area contributed by atoms with Gasteiger partial charge in [-0.2, -0.15) is 5.10 Å². The number of pyridine rings is 1. The number of carbonyl (C=O) groups excluding carboxylic acids is 1. The van der Waals surface area contributed by atoms with E-state index in [0.717, 1.165) is 16.8 Å². The summed E-state index contributed by atoms with van der Waals surface area (Å²) in [4.78, 5) is 18.4. The lowest BCUT2D eigenvalue weighted by Gasteiger charge is -2.19. The van der Waals surface area contributed by atoms with Crippen molar-refractivity contribution in [2.24, 2.45) is 18.7 Å². The van der Waals surface area contributed by atoms with Gasteiger partial charge in [-0.05, 0) is 31.0 Å². The van der Waals surface area contributed by atoms with Gasteiger partial charge in [-0.1, -0.05) is 11.6 Å². The third kappa shape index (κ3) is 2.67. The van der Waals surface area contributed by atoms with E-state index in [1.54, 1.807) is 6.20 Å². The van der Waals surface area contributed by atoms with Crippen LogP contribution in [0.15, 0.2) is 18.5 Å². The van der Waals surface area contributed by atoms with Crippen LogP contribution in [0.5, 0.6) is 0 Å². The van der Waals surface area contributed by atoms with Gasteiger partial charge in [0.25, 0.3) is 0 Å². The van der Waals surface area contributed by atoms with E-state index in [9.17, 15) is 4.79 Å². The van der Waals surface area contributed by atoms with Crippen molar-refractivity contribution in [1.29, 1.82) is 0 Å². The maximum absolute atomic E-state index is 11.9. The molecule has 2 aromatic rings. The molecule has 1 saturated heterocycles. The third-order valence-corrected chi connectivity index (χ3v) is 5.19. The zero-order valence-electron chi connectivity index (χ0n) is 13.5. The van der Waals surface area contributed by atoms with Gasteiger partial charge in [-0.15, -0.1) is 0 Å². The average Bonchev–Trinajstić information content (AvgIpc) is 3.07. The second-order valence-corrected chi connectivity index (χ2v) is 6.47. The van der Waals surface area contributed by atoms with E-state index in [2.05, 4.69) is 10.1 Å². The standard InChI is InChI=1S/C16H20ClN5O/c1-9-4-5-19-16(14(9)17)22-7-12(13(8-22)15(18)23)11-6-20-21(3)10(11)2/h4-6,12-13H,7-8H2,1-3H3,(H2,18,23)/t12-,13+/m1/s1. The number of nitrogens with two attached hydrogens (primary N) is 1. The molecule has 1 aliphatic heterocycles. The molecule has 3 rings (SSSR count). The van der Waals surface area contributed by atoms with Crippen molar-refractivity contribution in [2.45, 2.75) is 19.8 Å². The number of rotatable bonds is 3. The van der Waals surface area contributed by atoms with E-state index >= 15 is 0 Å². The number of hydrogen-bond acceptors (Lipinski definition) is 4. The van der Waals surface area contributed by atoms with E-state index in [-0.39, 0.29) is 17.7 Å². The molecule has 2 N–H and O–H groups in total. The Bertz CT molecular complexity index is 757. The number of nitrogens with zero attached hydrogens (tertiary/aromatic N) is 4. The van der Waals surface area contributed by atoms with Crippen LogP contribution in [-0.4, -0.2) is 33.8 Å². The molecule has 1 aliphatic rings. The van der Waals surface area contributed by atoms with Crippen molar-refractivity contribution in [3.8, 4) is 0 Å². The van der Waals surface area contributed by atoms with Gasteiger partial charge in [0.05, 0.1) is 17.1 Å². The molecule has 0 saturated carbocycles. The fraction of sp³-hybridized carbons (Fsp3) is 0.438. The molecular weight excluding hydrogens is 314 g/mol. The van der Waals surface area contributed by atoms with Crippen molar-refractivity contribution in [2.75, 3.05) is 18.0 Å². The third-order valence-electron chi connectivity index (χ3n) is 4.72. The normalized spacial score (nSPS) is 21.0. The topological polar surface area (TPSA) is 77.0 Å². The van der Waals surface area contributed by atoms with Crippen molar-refractivity contribution in [3.05, 3.63) is 40.3 Å². The van der Waals surface area contributed by atoms with Crippen molar-refractivity contribution in [3.63, 3.8) is 0 Å². The molecule has 1 fully saturated rings. The first kappa shape index (κ1) is 15.8. The number of primary amides is 1. The van der Waals surface area contributed by atoms with Crippen LogP contribution in [0.2, 0.25) is 5.02 Å². The number of carbonyl (C=O) groups is 1. The highest BCUT2D eigenvalue weighted by Gasteiger charge is 2.40. The molecule has 0 bridgehead atoms. The first-order chi connectivity index (χ1) is 10.9. The monoisotopic (exact) mass is 333 g/mol. The van der Waals surface area contributed by atoms with Crippen LogP contribution in [0.25, 0.3) is 0 Å². The summed E-state index contributed by atoms with van der Waals surface area (Å²) in [5, 5.41) is 4.91. The lowest BCUT2D eigenvalue weighted by molar-refractivity contribution is -0.121. The Balaban J connectivity index is 1.97. The number of halogens is 1. The number of anilines is 1. The van der Waals surface area contributed by atoms with Crippen LogP contribution in [0.4, 0.5) is 5.82 Å². The van der Waals surface area contributed by atoms with Crippen molar-refractivity contribution < 1.29 is 4.79 Å². The molecule has 2 aromatic heterocycles. The van der Waals surface area contributed by atoms with Gasteiger partial charge in [0.1, 0.15) is 5.82 Å². The summed E-state index contributed by atoms with van der Waals surface area (Å²) >= 11 is 6.39. The molecule has 0 radical (unpaired) electrons. The summed E-state index contributed by atoms with van der Waals surface area (Å²) in [5.41, 5.74) is 8.72. The lowest BCUT2D eigenvalue weighted by Crippen LogP contribution is -2.29. The molecule has 1 amide bonds. The molecule has 2 atom stereocenters. The van der Waals surface area contributed by atoms with Gasteiger partial charge in [0.2, 0.25) is 5.91 Å². The Hall–Kier alpha value is -2.08. The number of aromatic nitrogens is 3. The SMILES string of the molecule is Cc1ccnc(N2C[C@H](C(N)=O)[C@@H](c3cnn(C)c3C)C2)c1Cl. The molecule has 122 valence electrons. The number of hydrogen-bond donors (Lipinski definition) is 1. The molecule has 0 aromatic carbocycles. The Morgan fingerprint density at radius 3 is 2.74 bits per heavy atom. The van der Waals surface area contributed by atoms with Gasteiger partial charge >= 0.3 is 0 Å². The fourth-order valence-corrected chi connectivity index (χ4v) is 3.44. The Kier molecular flexibility index (Phi) is 4.02. The second kappa shape index (κ2) is 5.85. The predicted octanol–water partition coefficient (Wildman–Crippen LogP) is 1.79. The average molecular weight is 334 g/mol. The molecule has 23 heavy (non-hydrogen) atoms. The molecule has 3 heterocycles. The zero-order chi connectivity index (χ0) is 16.7. The Labute approximate surface area is 140 Å². The summed E-state index contributed by atoms with van der Waals surface area (Å²) in [6.45, 7) is 5.11. The van der Waals surface area contributed by atoms with Gasteiger partial charge < -0.3 is 10.6 Å². The highest BCUT2D eigenvalue weighted by Crippen LogP contribution is 2.38. The Morgan fingerprint density at radius 2 is 2.13 bits per heavy atom. The minimum absolute atomic E-state index is 0.000390. The van der Waals surface area contributed by atoms with E-state index in [1.165, 1.54) is 0 Å². The van der Waals surface area contributed by atoms with E-state index in [4.69, 9.17) is 17.3 Å². The highest BCUT2D eigenvalue weighted by molar-refractivity contribution is 6.33. The largest absolute Gasteiger partial charge is 0.369 e. The quantitative estimate of drug-likeness (QED) is 0.929. The highest BCUT2D eigenvalue weighted by atomic mass is 35.5. The maximum Gasteiger partial charge on any atom is 0.223 e. The lowest BCUT2D eigenvalue weighted by atomic mass is 9.89. The van der Waals surface area contributed by atoms with Crippen molar-refractivity contribution >= 4 is 23.3 Å². The van der Waals surface area contributed by atoms with E-state index in [1.807, 2.05) is 42.7 Å². The second-order valence-electron chi connectivity index (χ2n) is 6.09. The van der Waals surface area contributed by atoms with Crippen molar-refractivity contribution in [1.82, 2.24) is 14.8 Å². The van der Waals surface area contributed by atoms with Crippen LogP contribution in [0.1, 0.15) is 22.7 Å². The summed E-state index contributed by atoms with van der Waals surface area (Å²) in [7, 11) is 1.89. The van der Waals surface area contributed by atoms with Crippen LogP contribution >= 0.6 is 11.6 Å². The van der Waals surface area contributed by atoms with Gasteiger partial charge in [-0.3, -0.25) is 9.48 Å². The Morgan fingerprint density at radius 1 is 1.39 bits per heavy atom. The first-order valence-electron chi connectivity index (χ1n) is 7.54. The van der Waals surface area contributed by atoms with E-state index < -0.39 is 0 Å². The summed E-state index contributed by atoms with van der Waals surface area (Å²) in [5.74, 6) is 0.127. The number of aryl methyl sites for hydroxylation is 2. The van der Waals surface area contributed by atoms with Crippen LogP contribution in [0, 0.1) is 19.8 Å².